The van der Waals surface area contributed by atoms with E-state index in [1.807, 2.05) is 11.8 Å². The van der Waals surface area contributed by atoms with Gasteiger partial charge in [-0.3, -0.25) is 14.5 Å². The monoisotopic (exact) mass is 186 g/mol. The van der Waals surface area contributed by atoms with Crippen LogP contribution in [0.3, 0.4) is 0 Å². The Hall–Kier alpha value is -1.10. The maximum atomic E-state index is 11.0. The van der Waals surface area contributed by atoms with Crippen LogP contribution in [0, 0.1) is 5.92 Å². The lowest BCUT2D eigenvalue weighted by Crippen LogP contribution is -2.53. The van der Waals surface area contributed by atoms with Gasteiger partial charge in [-0.25, -0.2) is 0 Å². The zero-order valence-corrected chi connectivity index (χ0v) is 7.62. The highest BCUT2D eigenvalue weighted by Gasteiger charge is 2.33. The summed E-state index contributed by atoms with van der Waals surface area (Å²) in [5.41, 5.74) is 0. The second-order valence-electron chi connectivity index (χ2n) is 3.18. The van der Waals surface area contributed by atoms with Crippen LogP contribution in [0.2, 0.25) is 0 Å². The maximum absolute atomic E-state index is 11.0. The lowest BCUT2D eigenvalue weighted by Gasteiger charge is -2.35. The summed E-state index contributed by atoms with van der Waals surface area (Å²) < 4.78 is 0. The van der Waals surface area contributed by atoms with Crippen LogP contribution in [0.15, 0.2) is 0 Å². The predicted molar refractivity (Wildman–Crippen MR) is 46.2 cm³/mol. The molecule has 2 N–H and O–H groups in total. The van der Waals surface area contributed by atoms with Gasteiger partial charge >= 0.3 is 5.97 Å². The summed E-state index contributed by atoms with van der Waals surface area (Å²) in [5.74, 6) is -1.09. The number of aliphatic carboxylic acids is 1. The molecule has 0 aromatic heterocycles. The molecule has 1 rings (SSSR count). The number of carbonyl (C=O) groups is 2. The molecule has 0 aliphatic carbocycles. The summed E-state index contributed by atoms with van der Waals surface area (Å²) in [6.45, 7) is 3.78. The number of likely N-dealkylation sites (N-methyl/N-ethyl adjacent to an activating group) is 1. The van der Waals surface area contributed by atoms with Crippen molar-refractivity contribution in [2.75, 3.05) is 26.2 Å². The number of carboxylic acid groups (broad SMARTS) is 1. The SMILES string of the molecule is CCNC(=O)CN1CC(C(=O)O)C1. The van der Waals surface area contributed by atoms with Crippen molar-refractivity contribution in [2.24, 2.45) is 5.92 Å². The van der Waals surface area contributed by atoms with Gasteiger partial charge in [-0.15, -0.1) is 0 Å². The predicted octanol–water partition coefficient (Wildman–Crippen LogP) is -0.861. The number of rotatable bonds is 4. The highest BCUT2D eigenvalue weighted by Crippen LogP contribution is 2.14. The second-order valence-corrected chi connectivity index (χ2v) is 3.18. The normalized spacial score (nSPS) is 17.9. The van der Waals surface area contributed by atoms with E-state index in [-0.39, 0.29) is 11.8 Å². The van der Waals surface area contributed by atoms with Crippen LogP contribution in [0.1, 0.15) is 6.92 Å². The first-order chi connectivity index (χ1) is 6.13. The molecule has 1 fully saturated rings. The smallest absolute Gasteiger partial charge is 0.309 e. The first-order valence-electron chi connectivity index (χ1n) is 4.35. The molecule has 74 valence electrons. The Kier molecular flexibility index (Phi) is 3.25. The molecule has 0 aromatic carbocycles. The zero-order valence-electron chi connectivity index (χ0n) is 7.62. The van der Waals surface area contributed by atoms with Crippen LogP contribution in [0.5, 0.6) is 0 Å². The van der Waals surface area contributed by atoms with Gasteiger partial charge in [0.25, 0.3) is 0 Å². The van der Waals surface area contributed by atoms with Crippen molar-refractivity contribution in [3.63, 3.8) is 0 Å². The molecule has 0 aromatic rings. The van der Waals surface area contributed by atoms with Gasteiger partial charge in [0.05, 0.1) is 12.5 Å². The number of hydrogen-bond acceptors (Lipinski definition) is 3. The van der Waals surface area contributed by atoms with E-state index in [0.717, 1.165) is 0 Å². The van der Waals surface area contributed by atoms with E-state index in [4.69, 9.17) is 5.11 Å². The van der Waals surface area contributed by atoms with Crippen molar-refractivity contribution in [1.29, 1.82) is 0 Å². The fourth-order valence-corrected chi connectivity index (χ4v) is 1.31. The molecule has 1 amide bonds. The number of likely N-dealkylation sites (tertiary alicyclic amines) is 1. The molecule has 1 saturated heterocycles. The average molecular weight is 186 g/mol. The number of nitrogens with zero attached hydrogens (tertiary/aromatic N) is 1. The van der Waals surface area contributed by atoms with Crippen molar-refractivity contribution in [3.05, 3.63) is 0 Å². The van der Waals surface area contributed by atoms with Crippen molar-refractivity contribution in [3.8, 4) is 0 Å². The minimum absolute atomic E-state index is 0.0358. The Morgan fingerprint density at radius 2 is 2.15 bits per heavy atom. The van der Waals surface area contributed by atoms with Crippen LogP contribution in [0.25, 0.3) is 0 Å². The number of carboxylic acids is 1. The quantitative estimate of drug-likeness (QED) is 0.599. The van der Waals surface area contributed by atoms with Gasteiger partial charge in [0.2, 0.25) is 5.91 Å². The molecule has 5 heteroatoms. The lowest BCUT2D eigenvalue weighted by molar-refractivity contribution is -0.148. The Balaban J connectivity index is 2.14. The first kappa shape index (κ1) is 9.98. The molecular formula is C8H14N2O3. The van der Waals surface area contributed by atoms with Crippen molar-refractivity contribution in [1.82, 2.24) is 10.2 Å². The Labute approximate surface area is 76.7 Å². The molecule has 0 radical (unpaired) electrons. The van der Waals surface area contributed by atoms with Gasteiger partial charge in [-0.05, 0) is 6.92 Å². The van der Waals surface area contributed by atoms with Gasteiger partial charge in [0.1, 0.15) is 0 Å². The van der Waals surface area contributed by atoms with E-state index in [0.29, 0.717) is 26.2 Å². The van der Waals surface area contributed by atoms with Crippen molar-refractivity contribution in [2.45, 2.75) is 6.92 Å². The fourth-order valence-electron chi connectivity index (χ4n) is 1.31. The van der Waals surface area contributed by atoms with E-state index in [1.54, 1.807) is 0 Å². The summed E-state index contributed by atoms with van der Waals surface area (Å²) in [6.07, 6.45) is 0. The number of hydrogen-bond donors (Lipinski definition) is 2. The van der Waals surface area contributed by atoms with Crippen LogP contribution >= 0.6 is 0 Å². The van der Waals surface area contributed by atoms with Crippen LogP contribution in [-0.2, 0) is 9.59 Å². The van der Waals surface area contributed by atoms with E-state index < -0.39 is 5.97 Å². The zero-order chi connectivity index (χ0) is 9.84. The highest BCUT2D eigenvalue weighted by molar-refractivity contribution is 5.78. The van der Waals surface area contributed by atoms with Gasteiger partial charge in [-0.1, -0.05) is 0 Å². The van der Waals surface area contributed by atoms with Crippen molar-refractivity contribution < 1.29 is 14.7 Å². The molecule has 1 aliphatic rings. The second kappa shape index (κ2) is 4.23. The van der Waals surface area contributed by atoms with Crippen LogP contribution in [-0.4, -0.2) is 48.1 Å². The highest BCUT2D eigenvalue weighted by atomic mass is 16.4. The van der Waals surface area contributed by atoms with Gasteiger partial charge < -0.3 is 10.4 Å². The van der Waals surface area contributed by atoms with Crippen molar-refractivity contribution >= 4 is 11.9 Å². The summed E-state index contributed by atoms with van der Waals surface area (Å²) in [4.78, 5) is 23.3. The third-order valence-electron chi connectivity index (χ3n) is 2.05. The molecule has 0 spiro atoms. The Morgan fingerprint density at radius 3 is 2.62 bits per heavy atom. The van der Waals surface area contributed by atoms with E-state index in [1.165, 1.54) is 0 Å². The summed E-state index contributed by atoms with van der Waals surface area (Å²) >= 11 is 0. The summed E-state index contributed by atoms with van der Waals surface area (Å²) in [7, 11) is 0. The summed E-state index contributed by atoms with van der Waals surface area (Å²) in [6, 6.07) is 0. The lowest BCUT2D eigenvalue weighted by atomic mass is 10.0. The standard InChI is InChI=1S/C8H14N2O3/c1-2-9-7(11)5-10-3-6(4-10)8(12)13/h6H,2-5H2,1H3,(H,9,11)(H,12,13). The summed E-state index contributed by atoms with van der Waals surface area (Å²) in [5, 5.41) is 11.2. The molecule has 0 saturated carbocycles. The fraction of sp³-hybridized carbons (Fsp3) is 0.750. The molecule has 1 aliphatic heterocycles. The van der Waals surface area contributed by atoms with Crippen LogP contribution in [0.4, 0.5) is 0 Å². The largest absolute Gasteiger partial charge is 0.481 e. The van der Waals surface area contributed by atoms with Gasteiger partial charge in [-0.2, -0.15) is 0 Å². The molecule has 13 heavy (non-hydrogen) atoms. The van der Waals surface area contributed by atoms with E-state index in [2.05, 4.69) is 5.32 Å². The molecule has 0 unspecified atom stereocenters. The Morgan fingerprint density at radius 1 is 1.54 bits per heavy atom. The third-order valence-corrected chi connectivity index (χ3v) is 2.05. The molecule has 0 atom stereocenters. The topological polar surface area (TPSA) is 69.6 Å². The third kappa shape index (κ3) is 2.69. The molecule has 1 heterocycles. The number of nitrogens with one attached hydrogen (secondary N) is 1. The molecule has 0 bridgehead atoms. The molecule has 5 nitrogen and oxygen atoms in total. The average Bonchev–Trinajstić information content (AvgIpc) is 1.95. The first-order valence-corrected chi connectivity index (χ1v) is 4.35. The van der Waals surface area contributed by atoms with E-state index >= 15 is 0 Å². The minimum Gasteiger partial charge on any atom is -0.481 e. The Bertz CT molecular complexity index is 211. The van der Waals surface area contributed by atoms with Crippen LogP contribution < -0.4 is 5.32 Å². The number of amides is 1. The van der Waals surface area contributed by atoms with Gasteiger partial charge in [0.15, 0.2) is 0 Å². The van der Waals surface area contributed by atoms with E-state index in [9.17, 15) is 9.59 Å². The molecular weight excluding hydrogens is 172 g/mol. The van der Waals surface area contributed by atoms with Gasteiger partial charge in [0, 0.05) is 19.6 Å². The maximum Gasteiger partial charge on any atom is 0.309 e. The minimum atomic E-state index is -0.771. The number of carbonyl (C=O) groups excluding carboxylic acids is 1.